The summed E-state index contributed by atoms with van der Waals surface area (Å²) >= 11 is 0. The molecule has 0 amide bonds. The van der Waals surface area contributed by atoms with Gasteiger partial charge in [-0.25, -0.2) is 8.42 Å². The van der Waals surface area contributed by atoms with Gasteiger partial charge in [-0.15, -0.1) is 6.58 Å². The van der Waals surface area contributed by atoms with E-state index in [1.54, 1.807) is 16.7 Å². The molecule has 214 valence electrons. The number of hydrogen-bond acceptors (Lipinski definition) is 7. The van der Waals surface area contributed by atoms with Gasteiger partial charge >= 0.3 is 0 Å². The molecule has 2 aliphatic heterocycles. The fourth-order valence-electron chi connectivity index (χ4n) is 5.33. The number of sulfone groups is 1. The van der Waals surface area contributed by atoms with E-state index in [-0.39, 0.29) is 22.9 Å². The van der Waals surface area contributed by atoms with Crippen molar-refractivity contribution in [3.8, 4) is 0 Å². The van der Waals surface area contributed by atoms with Gasteiger partial charge in [0.2, 0.25) is 0 Å². The average Bonchev–Trinajstić information content (AvgIpc) is 2.93. The van der Waals surface area contributed by atoms with Crippen molar-refractivity contribution in [2.24, 2.45) is 7.05 Å². The largest absolute Gasteiger partial charge is 0.378 e. The number of benzene rings is 1. The molecular weight excluding hydrogens is 524 g/mol. The third kappa shape index (κ3) is 6.26. The number of rotatable bonds is 9. The van der Waals surface area contributed by atoms with Gasteiger partial charge in [0.15, 0.2) is 9.84 Å². The fraction of sp³-hybridized carbons (Fsp3) is 0.387. The zero-order valence-electron chi connectivity index (χ0n) is 24.1. The summed E-state index contributed by atoms with van der Waals surface area (Å²) in [5, 5.41) is 8.42. The van der Waals surface area contributed by atoms with E-state index < -0.39 is 9.84 Å². The highest BCUT2D eigenvalue weighted by molar-refractivity contribution is 7.94. The molecule has 2 N–H and O–H groups in total. The summed E-state index contributed by atoms with van der Waals surface area (Å²) in [5.74, 6) is 1.07. The Balaban J connectivity index is 1.80. The highest BCUT2D eigenvalue weighted by Gasteiger charge is 2.21. The number of allylic oxidation sites excluding steroid dienone is 6. The van der Waals surface area contributed by atoms with Crippen molar-refractivity contribution in [2.75, 3.05) is 39.1 Å². The first kappa shape index (κ1) is 29.4. The summed E-state index contributed by atoms with van der Waals surface area (Å²) in [6.07, 6.45) is 10.8. The maximum absolute atomic E-state index is 13.6. The van der Waals surface area contributed by atoms with Crippen LogP contribution in [0.15, 0.2) is 76.4 Å². The summed E-state index contributed by atoms with van der Waals surface area (Å²) in [4.78, 5) is 16.2. The van der Waals surface area contributed by atoms with Crippen LogP contribution in [-0.2, 0) is 21.6 Å². The number of aryl methyl sites for hydroxylation is 1. The molecule has 0 unspecified atom stereocenters. The Hall–Kier alpha value is -3.56. The zero-order chi connectivity index (χ0) is 29.0. The van der Waals surface area contributed by atoms with Crippen molar-refractivity contribution in [1.29, 1.82) is 0 Å². The fourth-order valence-corrected chi connectivity index (χ4v) is 6.27. The van der Waals surface area contributed by atoms with Crippen LogP contribution in [0.1, 0.15) is 43.1 Å². The third-order valence-corrected chi connectivity index (χ3v) is 8.65. The molecule has 1 aromatic heterocycles. The normalized spacial score (nSPS) is 17.7. The maximum Gasteiger partial charge on any atom is 0.258 e. The highest BCUT2D eigenvalue weighted by atomic mass is 32.2. The van der Waals surface area contributed by atoms with Gasteiger partial charge in [-0.1, -0.05) is 24.3 Å². The number of aromatic nitrogens is 1. The Morgan fingerprint density at radius 3 is 2.52 bits per heavy atom. The van der Waals surface area contributed by atoms with Gasteiger partial charge in [-0.2, -0.15) is 0 Å². The van der Waals surface area contributed by atoms with Crippen LogP contribution in [0.25, 0.3) is 16.3 Å². The van der Waals surface area contributed by atoms with Crippen molar-refractivity contribution in [3.05, 3.63) is 98.8 Å². The Bertz CT molecular complexity index is 1590. The lowest BCUT2D eigenvalue weighted by atomic mass is 9.95. The van der Waals surface area contributed by atoms with E-state index in [9.17, 15) is 13.2 Å². The minimum atomic E-state index is -3.46. The second kappa shape index (κ2) is 12.3. The minimum absolute atomic E-state index is 0.0683. The van der Waals surface area contributed by atoms with Gasteiger partial charge in [-0.05, 0) is 67.1 Å². The average molecular weight is 565 g/mol. The SMILES string of the molecule is C=CC/C(=C(\C=C/C)N[C@H](C)c1cc(C)cc2c(=O)n(C)c(C3=CC=C(N4CCOCC4)NC3)cc12)S(C)(=O)=O. The van der Waals surface area contributed by atoms with E-state index in [0.29, 0.717) is 30.8 Å². The number of fused-ring (bicyclic) bond motifs is 1. The topological polar surface area (TPSA) is 92.7 Å². The van der Waals surface area contributed by atoms with Gasteiger partial charge in [0.25, 0.3) is 5.56 Å². The molecule has 0 aliphatic carbocycles. The lowest BCUT2D eigenvalue weighted by Crippen LogP contribution is -2.41. The van der Waals surface area contributed by atoms with Crippen LogP contribution in [-0.4, -0.2) is 57.0 Å². The first-order valence-electron chi connectivity index (χ1n) is 13.6. The molecule has 3 heterocycles. The van der Waals surface area contributed by atoms with Crippen LogP contribution in [0.3, 0.4) is 0 Å². The summed E-state index contributed by atoms with van der Waals surface area (Å²) < 4.78 is 32.4. The molecule has 1 fully saturated rings. The molecule has 0 bridgehead atoms. The molecule has 2 aromatic rings. The number of nitrogens with zero attached hydrogens (tertiary/aromatic N) is 2. The van der Waals surface area contributed by atoms with Gasteiger partial charge < -0.3 is 24.8 Å². The molecular formula is C31H40N4O4S. The Morgan fingerprint density at radius 1 is 1.20 bits per heavy atom. The van der Waals surface area contributed by atoms with Crippen LogP contribution in [0.5, 0.6) is 0 Å². The molecule has 0 saturated carbocycles. The molecule has 0 spiro atoms. The molecule has 0 radical (unpaired) electrons. The first-order chi connectivity index (χ1) is 19.0. The van der Waals surface area contributed by atoms with Crippen molar-refractivity contribution >= 4 is 26.2 Å². The van der Waals surface area contributed by atoms with Crippen molar-refractivity contribution in [1.82, 2.24) is 20.1 Å². The van der Waals surface area contributed by atoms with Crippen LogP contribution in [0.4, 0.5) is 0 Å². The van der Waals surface area contributed by atoms with Gasteiger partial charge in [0.05, 0.1) is 18.1 Å². The Morgan fingerprint density at radius 2 is 1.93 bits per heavy atom. The summed E-state index contributed by atoms with van der Waals surface area (Å²) in [7, 11) is -1.65. The van der Waals surface area contributed by atoms with Gasteiger partial charge in [-0.3, -0.25) is 4.79 Å². The molecule has 8 nitrogen and oxygen atoms in total. The van der Waals surface area contributed by atoms with Crippen molar-refractivity contribution in [2.45, 2.75) is 33.2 Å². The van der Waals surface area contributed by atoms with Crippen LogP contribution in [0, 0.1) is 6.92 Å². The number of nitrogens with one attached hydrogen (secondary N) is 2. The van der Waals surface area contributed by atoms with Gasteiger partial charge in [0, 0.05) is 62.2 Å². The molecule has 9 heteroatoms. The highest BCUT2D eigenvalue weighted by Crippen LogP contribution is 2.29. The molecule has 40 heavy (non-hydrogen) atoms. The summed E-state index contributed by atoms with van der Waals surface area (Å²) in [6, 6.07) is 5.78. The number of pyridine rings is 1. The van der Waals surface area contributed by atoms with Gasteiger partial charge in [0.1, 0.15) is 5.82 Å². The number of morpholine rings is 1. The molecule has 1 atom stereocenters. The van der Waals surface area contributed by atoms with Crippen LogP contribution < -0.4 is 16.2 Å². The van der Waals surface area contributed by atoms with E-state index in [0.717, 1.165) is 46.7 Å². The Kier molecular flexibility index (Phi) is 9.05. The monoisotopic (exact) mass is 564 g/mol. The van der Waals surface area contributed by atoms with E-state index in [1.807, 2.05) is 40.0 Å². The second-order valence-corrected chi connectivity index (χ2v) is 12.4. The first-order valence-corrected chi connectivity index (χ1v) is 15.5. The minimum Gasteiger partial charge on any atom is -0.378 e. The molecule has 1 aromatic carbocycles. The molecule has 1 saturated heterocycles. The quantitative estimate of drug-likeness (QED) is 0.351. The summed E-state index contributed by atoms with van der Waals surface area (Å²) in [6.45, 7) is 13.3. The van der Waals surface area contributed by atoms with E-state index in [2.05, 4.69) is 46.4 Å². The van der Waals surface area contributed by atoms with E-state index >= 15 is 0 Å². The smallest absolute Gasteiger partial charge is 0.258 e. The standard InChI is InChI=1S/C31H40N4O4S/c1-7-9-27(29(10-8-2)40(6,37)38)33-22(4)24-17-21(3)18-26-25(24)19-28(34(5)31(26)36)23-11-12-30(32-20-23)35-13-15-39-16-14-35/h7-9,11-12,17-19,22,32-33H,2,10,13-16,20H2,1,3-6H3/b9-7-,29-27-/t22-/m1/s1. The number of dihydropyridines is 1. The predicted molar refractivity (Wildman–Crippen MR) is 163 cm³/mol. The third-order valence-electron chi connectivity index (χ3n) is 7.37. The predicted octanol–water partition coefficient (Wildman–Crippen LogP) is 4.07. The number of ether oxygens (including phenoxy) is 1. The lowest BCUT2D eigenvalue weighted by Gasteiger charge is -2.33. The summed E-state index contributed by atoms with van der Waals surface area (Å²) in [5.41, 5.74) is 4.20. The zero-order valence-corrected chi connectivity index (χ0v) is 24.9. The van der Waals surface area contributed by atoms with Crippen LogP contribution in [0.2, 0.25) is 0 Å². The maximum atomic E-state index is 13.6. The molecule has 4 rings (SSSR count). The Labute approximate surface area is 237 Å². The second-order valence-electron chi connectivity index (χ2n) is 10.4. The van der Waals surface area contributed by atoms with E-state index in [1.165, 1.54) is 6.26 Å². The lowest BCUT2D eigenvalue weighted by molar-refractivity contribution is 0.0505. The van der Waals surface area contributed by atoms with Crippen molar-refractivity contribution < 1.29 is 13.2 Å². The van der Waals surface area contributed by atoms with Crippen LogP contribution >= 0.6 is 0 Å². The molecule has 2 aliphatic rings. The number of hydrogen-bond donors (Lipinski definition) is 2. The van der Waals surface area contributed by atoms with E-state index in [4.69, 9.17) is 4.74 Å². The van der Waals surface area contributed by atoms with Crippen molar-refractivity contribution in [3.63, 3.8) is 0 Å².